The summed E-state index contributed by atoms with van der Waals surface area (Å²) in [6.07, 6.45) is -4.88. The second-order valence-electron chi connectivity index (χ2n) is 5.81. The van der Waals surface area contributed by atoms with Crippen molar-refractivity contribution in [1.82, 2.24) is 19.5 Å². The first-order valence-electron chi connectivity index (χ1n) is 7.73. The molecule has 0 aliphatic carbocycles. The van der Waals surface area contributed by atoms with Crippen molar-refractivity contribution in [3.05, 3.63) is 16.8 Å². The highest BCUT2D eigenvalue weighted by atomic mass is 31.3. The average molecular weight is 468 g/mol. The molecule has 3 heterocycles. The fourth-order valence-corrected chi connectivity index (χ4v) is 4.22. The molecule has 164 valence electrons. The van der Waals surface area contributed by atoms with Crippen LogP contribution in [0.2, 0.25) is 0 Å². The predicted molar refractivity (Wildman–Crippen MR) is 93.4 cm³/mol. The predicted octanol–water partition coefficient (Wildman–Crippen LogP) is -0.804. The summed E-state index contributed by atoms with van der Waals surface area (Å²) in [5, 5.41) is 23.7. The summed E-state index contributed by atoms with van der Waals surface area (Å²) < 4.78 is 36.8. The van der Waals surface area contributed by atoms with E-state index in [1.165, 1.54) is 0 Å². The summed E-state index contributed by atoms with van der Waals surface area (Å²) in [7, 11) is -10.5. The molecule has 1 fully saturated rings. The molecule has 18 nitrogen and oxygen atoms in total. The van der Waals surface area contributed by atoms with E-state index in [4.69, 9.17) is 25.8 Å². The minimum Gasteiger partial charge on any atom is -0.387 e. The maximum absolute atomic E-state index is 11.5. The summed E-state index contributed by atoms with van der Waals surface area (Å²) in [6.45, 7) is -0.879. The Morgan fingerprint density at radius 2 is 2.00 bits per heavy atom. The summed E-state index contributed by atoms with van der Waals surface area (Å²) in [6, 6.07) is 0. The van der Waals surface area contributed by atoms with Gasteiger partial charge in [-0.3, -0.25) is 9.09 Å². The van der Waals surface area contributed by atoms with Crippen LogP contribution in [0.5, 0.6) is 0 Å². The van der Waals surface area contributed by atoms with Crippen molar-refractivity contribution >= 4 is 38.6 Å². The Bertz CT molecular complexity index is 1100. The number of ether oxygens (including phenoxy) is 1. The number of hydrogen-bond donors (Lipinski definition) is 6. The van der Waals surface area contributed by atoms with Gasteiger partial charge in [0.1, 0.15) is 23.8 Å². The van der Waals surface area contributed by atoms with Gasteiger partial charge >= 0.3 is 15.6 Å². The molecule has 1 aliphatic rings. The topological polar surface area (TPSA) is 281 Å². The number of nitrogen functional groups attached to an aromatic ring is 1. The standard InChI is InChI=1S/C10H14N8O10P2/c11-7-4-8(15-10(14-7)16-17-12)18(2-13-4)9-6(20)5(19)3(27-9)1-26-30(24,25)28-29(21,22)23/h2-3,5-6,9,19-20H,1H2,(H,24,25)(H2,11,14,15)(H2,21,22,23). The third-order valence-corrected chi connectivity index (χ3v) is 5.95. The van der Waals surface area contributed by atoms with Gasteiger partial charge < -0.3 is 35.4 Å². The number of phosphoric acid groups is 2. The third kappa shape index (κ3) is 4.75. The molecule has 0 radical (unpaired) electrons. The molecule has 1 saturated heterocycles. The molecule has 7 N–H and O–H groups in total. The lowest BCUT2D eigenvalue weighted by Crippen LogP contribution is -2.33. The maximum Gasteiger partial charge on any atom is 0.481 e. The lowest BCUT2D eigenvalue weighted by Gasteiger charge is -2.17. The van der Waals surface area contributed by atoms with Gasteiger partial charge in [0.2, 0.25) is 5.95 Å². The Morgan fingerprint density at radius 1 is 1.30 bits per heavy atom. The molecule has 1 aliphatic heterocycles. The van der Waals surface area contributed by atoms with Crippen LogP contribution < -0.4 is 5.73 Å². The zero-order valence-electron chi connectivity index (χ0n) is 14.5. The second kappa shape index (κ2) is 8.14. The van der Waals surface area contributed by atoms with Crippen LogP contribution in [0.15, 0.2) is 11.4 Å². The molecule has 30 heavy (non-hydrogen) atoms. The number of anilines is 1. The summed E-state index contributed by atoms with van der Waals surface area (Å²) >= 11 is 0. The van der Waals surface area contributed by atoms with Gasteiger partial charge in [-0.25, -0.2) is 24.1 Å². The minimum absolute atomic E-state index is 0.0135. The van der Waals surface area contributed by atoms with Gasteiger partial charge in [0.05, 0.1) is 12.9 Å². The third-order valence-electron chi connectivity index (χ3n) is 3.79. The number of imidazole rings is 1. The van der Waals surface area contributed by atoms with Crippen molar-refractivity contribution in [3.8, 4) is 0 Å². The molecule has 5 atom stereocenters. The largest absolute Gasteiger partial charge is 0.481 e. The smallest absolute Gasteiger partial charge is 0.387 e. The van der Waals surface area contributed by atoms with E-state index in [-0.39, 0.29) is 22.9 Å². The lowest BCUT2D eigenvalue weighted by molar-refractivity contribution is -0.0503. The van der Waals surface area contributed by atoms with E-state index in [0.29, 0.717) is 0 Å². The molecule has 0 aromatic carbocycles. The number of azide groups is 1. The summed E-state index contributed by atoms with van der Waals surface area (Å²) in [5.74, 6) is -0.474. The van der Waals surface area contributed by atoms with Gasteiger partial charge in [-0.1, -0.05) is 0 Å². The Kier molecular flexibility index (Phi) is 6.10. The van der Waals surface area contributed by atoms with Crippen molar-refractivity contribution < 1.29 is 47.6 Å². The number of nitrogens with zero attached hydrogens (tertiary/aromatic N) is 7. The molecular weight excluding hydrogens is 454 g/mol. The monoisotopic (exact) mass is 468 g/mol. The molecule has 2 aromatic rings. The quantitative estimate of drug-likeness (QED) is 0.125. The highest BCUT2D eigenvalue weighted by molar-refractivity contribution is 7.60. The van der Waals surface area contributed by atoms with Crippen LogP contribution in [0.1, 0.15) is 6.23 Å². The first-order valence-corrected chi connectivity index (χ1v) is 10.8. The lowest BCUT2D eigenvalue weighted by atomic mass is 10.1. The van der Waals surface area contributed by atoms with Crippen LogP contribution in [0.3, 0.4) is 0 Å². The Labute approximate surface area is 165 Å². The van der Waals surface area contributed by atoms with E-state index in [9.17, 15) is 24.2 Å². The second-order valence-corrected chi connectivity index (χ2v) is 8.63. The van der Waals surface area contributed by atoms with Gasteiger partial charge in [0.15, 0.2) is 17.7 Å². The van der Waals surface area contributed by atoms with E-state index in [1.54, 1.807) is 0 Å². The van der Waals surface area contributed by atoms with E-state index in [0.717, 1.165) is 10.9 Å². The van der Waals surface area contributed by atoms with Gasteiger partial charge in [-0.2, -0.15) is 4.31 Å². The molecule has 0 spiro atoms. The van der Waals surface area contributed by atoms with E-state index in [1.807, 2.05) is 0 Å². The molecule has 5 unspecified atom stereocenters. The van der Waals surface area contributed by atoms with Crippen LogP contribution in [0.25, 0.3) is 21.6 Å². The number of phosphoric ester groups is 1. The fourth-order valence-electron chi connectivity index (χ4n) is 2.62. The minimum atomic E-state index is -5.33. The van der Waals surface area contributed by atoms with Crippen molar-refractivity contribution in [2.45, 2.75) is 24.5 Å². The van der Waals surface area contributed by atoms with Crippen LogP contribution in [-0.2, 0) is 22.7 Å². The van der Waals surface area contributed by atoms with E-state index in [2.05, 4.69) is 33.8 Å². The number of nitrogens with two attached hydrogens (primary N) is 1. The van der Waals surface area contributed by atoms with Crippen molar-refractivity contribution in [1.29, 1.82) is 0 Å². The first-order chi connectivity index (χ1) is 13.9. The van der Waals surface area contributed by atoms with Crippen molar-refractivity contribution in [2.24, 2.45) is 5.11 Å². The van der Waals surface area contributed by atoms with Crippen LogP contribution in [0, 0.1) is 0 Å². The Hall–Kier alpha value is -2.20. The van der Waals surface area contributed by atoms with E-state index < -0.39 is 46.8 Å². The number of fused-ring (bicyclic) bond motifs is 1. The van der Waals surface area contributed by atoms with Crippen LogP contribution in [0.4, 0.5) is 11.8 Å². The molecule has 0 bridgehead atoms. The average Bonchev–Trinajstić information content (AvgIpc) is 3.14. The molecule has 0 saturated carbocycles. The number of aromatic nitrogens is 4. The van der Waals surface area contributed by atoms with Gasteiger partial charge in [-0.15, -0.1) is 0 Å². The molecule has 0 amide bonds. The summed E-state index contributed by atoms with van der Waals surface area (Å²) in [4.78, 5) is 40.6. The SMILES string of the molecule is [N-]=[N+]=Nc1nc(N)c2ncn(C3OC(COP(=O)(O)OP(=O)(O)O)C(O)C3O)c2n1. The maximum atomic E-state index is 11.5. The highest BCUT2D eigenvalue weighted by Crippen LogP contribution is 2.57. The van der Waals surface area contributed by atoms with Crippen LogP contribution in [-0.4, -0.2) is 69.3 Å². The molecule has 2 aromatic heterocycles. The van der Waals surface area contributed by atoms with Crippen molar-refractivity contribution in [3.63, 3.8) is 0 Å². The van der Waals surface area contributed by atoms with E-state index >= 15 is 0 Å². The summed E-state index contributed by atoms with van der Waals surface area (Å²) in [5.41, 5.74) is 14.3. The highest BCUT2D eigenvalue weighted by Gasteiger charge is 2.46. The number of rotatable bonds is 7. The van der Waals surface area contributed by atoms with Gasteiger partial charge in [0, 0.05) is 4.91 Å². The van der Waals surface area contributed by atoms with Gasteiger partial charge in [-0.05, 0) is 10.6 Å². The Balaban J connectivity index is 1.83. The first kappa shape index (κ1) is 22.5. The normalized spacial score (nSPS) is 26.4. The number of hydrogen-bond acceptors (Lipinski definition) is 12. The molecule has 20 heteroatoms. The Morgan fingerprint density at radius 3 is 2.63 bits per heavy atom. The number of aliphatic hydroxyl groups is 2. The van der Waals surface area contributed by atoms with Crippen molar-refractivity contribution in [2.75, 3.05) is 12.3 Å². The molecular formula is C10H14N8O10P2. The van der Waals surface area contributed by atoms with Gasteiger partial charge in [0.25, 0.3) is 0 Å². The fraction of sp³-hybridized carbons (Fsp3) is 0.500. The number of aliphatic hydroxyl groups excluding tert-OH is 2. The van der Waals surface area contributed by atoms with Crippen LogP contribution >= 0.6 is 15.6 Å². The zero-order valence-corrected chi connectivity index (χ0v) is 16.3. The zero-order chi connectivity index (χ0) is 22.3. The molecule has 3 rings (SSSR count).